The number of ether oxygens (including phenoxy) is 1. The zero-order valence-corrected chi connectivity index (χ0v) is 13.6. The minimum absolute atomic E-state index is 0.457. The number of pyridine rings is 2. The quantitative estimate of drug-likeness (QED) is 0.566. The second kappa shape index (κ2) is 6.10. The molecule has 0 saturated heterocycles. The van der Waals surface area contributed by atoms with E-state index in [9.17, 15) is 0 Å². The Bertz CT molecular complexity index is 894. The predicted molar refractivity (Wildman–Crippen MR) is 91.6 cm³/mol. The van der Waals surface area contributed by atoms with Crippen LogP contribution in [0.1, 0.15) is 18.5 Å². The van der Waals surface area contributed by atoms with Crippen LogP contribution < -0.4 is 10.2 Å². The van der Waals surface area contributed by atoms with E-state index in [2.05, 4.69) is 25.5 Å². The fraction of sp³-hybridized carbons (Fsp3) is 0.200. The summed E-state index contributed by atoms with van der Waals surface area (Å²) < 4.78 is 6.65. The third-order valence-electron chi connectivity index (χ3n) is 3.39. The molecular weight excluding hydrogens is 334 g/mol. The topological polar surface area (TPSA) is 72.3 Å². The molecule has 0 bridgehead atoms. The van der Waals surface area contributed by atoms with E-state index in [0.717, 1.165) is 40.2 Å². The zero-order chi connectivity index (χ0) is 15.6. The smallest absolute Gasteiger partial charge is 0.204 e. The largest absolute Gasteiger partial charge is 0.491 e. The lowest BCUT2D eigenvalue weighted by Crippen LogP contribution is -2.05. The van der Waals surface area contributed by atoms with Crippen LogP contribution in [0.5, 0.6) is 5.75 Å². The highest BCUT2D eigenvalue weighted by molar-refractivity contribution is 7.22. The van der Waals surface area contributed by atoms with E-state index in [1.54, 1.807) is 18.5 Å². The molecule has 6 nitrogen and oxygen atoms in total. The van der Waals surface area contributed by atoms with Crippen LogP contribution >= 0.6 is 22.9 Å². The van der Waals surface area contributed by atoms with Crippen molar-refractivity contribution in [2.75, 3.05) is 12.0 Å². The lowest BCUT2D eigenvalue weighted by Gasteiger charge is -2.05. The maximum atomic E-state index is 5.90. The molecule has 0 radical (unpaired) electrons. The van der Waals surface area contributed by atoms with Gasteiger partial charge in [0, 0.05) is 6.20 Å². The van der Waals surface area contributed by atoms with Gasteiger partial charge in [0.25, 0.3) is 0 Å². The molecule has 0 saturated carbocycles. The first-order valence-electron chi connectivity index (χ1n) is 7.12. The Morgan fingerprint density at radius 3 is 3.26 bits per heavy atom. The Hall–Kier alpha value is -2.25. The van der Waals surface area contributed by atoms with E-state index < -0.39 is 0 Å². The number of halogens is 1. The molecule has 3 aromatic rings. The Labute approximate surface area is 141 Å². The van der Waals surface area contributed by atoms with Gasteiger partial charge in [0.2, 0.25) is 5.13 Å². The van der Waals surface area contributed by atoms with Gasteiger partial charge in [0.1, 0.15) is 22.1 Å². The molecule has 1 aliphatic rings. The summed E-state index contributed by atoms with van der Waals surface area (Å²) in [5.41, 5.74) is 5.47. The molecule has 0 amide bonds. The predicted octanol–water partition coefficient (Wildman–Crippen LogP) is 3.73. The number of rotatable bonds is 2. The highest BCUT2D eigenvalue weighted by Crippen LogP contribution is 2.28. The van der Waals surface area contributed by atoms with Crippen molar-refractivity contribution in [2.24, 2.45) is 5.10 Å². The third-order valence-corrected chi connectivity index (χ3v) is 4.52. The van der Waals surface area contributed by atoms with E-state index in [1.807, 2.05) is 12.1 Å². The number of aromatic nitrogens is 3. The van der Waals surface area contributed by atoms with Crippen molar-refractivity contribution in [1.29, 1.82) is 0 Å². The van der Waals surface area contributed by atoms with Gasteiger partial charge in [-0.25, -0.2) is 9.97 Å². The summed E-state index contributed by atoms with van der Waals surface area (Å²) in [7, 11) is 0. The molecule has 3 aromatic heterocycles. The fourth-order valence-electron chi connectivity index (χ4n) is 2.34. The van der Waals surface area contributed by atoms with Crippen LogP contribution in [0.2, 0.25) is 5.15 Å². The molecule has 0 spiro atoms. The average Bonchev–Trinajstić information content (AvgIpc) is 2.84. The number of thiazole rings is 1. The highest BCUT2D eigenvalue weighted by atomic mass is 35.5. The van der Waals surface area contributed by atoms with Gasteiger partial charge in [-0.1, -0.05) is 22.9 Å². The second-order valence-corrected chi connectivity index (χ2v) is 6.38. The van der Waals surface area contributed by atoms with Gasteiger partial charge >= 0.3 is 0 Å². The molecule has 0 aliphatic carbocycles. The Morgan fingerprint density at radius 2 is 2.30 bits per heavy atom. The third kappa shape index (κ3) is 2.97. The number of fused-ring (bicyclic) bond motifs is 2. The average molecular weight is 346 g/mol. The van der Waals surface area contributed by atoms with Gasteiger partial charge in [-0.2, -0.15) is 5.10 Å². The number of nitrogens with one attached hydrogen (secondary N) is 1. The van der Waals surface area contributed by atoms with Crippen LogP contribution in [0.25, 0.3) is 10.2 Å². The van der Waals surface area contributed by atoms with Crippen LogP contribution in [-0.2, 0) is 0 Å². The highest BCUT2D eigenvalue weighted by Gasteiger charge is 2.16. The lowest BCUT2D eigenvalue weighted by molar-refractivity contribution is 0.317. The molecule has 0 aromatic carbocycles. The summed E-state index contributed by atoms with van der Waals surface area (Å²) in [5, 5.41) is 5.64. The van der Waals surface area contributed by atoms with E-state index in [-0.39, 0.29) is 0 Å². The molecule has 116 valence electrons. The van der Waals surface area contributed by atoms with E-state index >= 15 is 0 Å². The van der Waals surface area contributed by atoms with Crippen molar-refractivity contribution in [3.05, 3.63) is 41.4 Å². The minimum atomic E-state index is 0.457. The fourth-order valence-corrected chi connectivity index (χ4v) is 3.38. The summed E-state index contributed by atoms with van der Waals surface area (Å²) in [5.74, 6) is 0.769. The molecule has 8 heteroatoms. The summed E-state index contributed by atoms with van der Waals surface area (Å²) in [6.45, 7) is 0.670. The molecule has 23 heavy (non-hydrogen) atoms. The zero-order valence-electron chi connectivity index (χ0n) is 12.0. The molecule has 1 aliphatic heterocycles. The van der Waals surface area contributed by atoms with Gasteiger partial charge < -0.3 is 4.74 Å². The lowest BCUT2D eigenvalue weighted by atomic mass is 10.1. The number of hydrogen-bond acceptors (Lipinski definition) is 7. The summed E-state index contributed by atoms with van der Waals surface area (Å²) >= 11 is 7.38. The standard InChI is InChI=1S/C15H12ClN5OS/c16-13-7-12-10(8-18-13)19-15(23-12)21-20-9-3-2-6-22-11-4-1-5-17-14(9)11/h1,4-5,7-8H,2-3,6H2,(H,19,21)/b20-9+. The maximum Gasteiger partial charge on any atom is 0.204 e. The summed E-state index contributed by atoms with van der Waals surface area (Å²) in [4.78, 5) is 12.9. The Kier molecular flexibility index (Phi) is 3.80. The second-order valence-electron chi connectivity index (χ2n) is 4.97. The van der Waals surface area contributed by atoms with Crippen molar-refractivity contribution >= 4 is 44.0 Å². The molecule has 0 atom stereocenters. The van der Waals surface area contributed by atoms with Gasteiger partial charge in [-0.15, -0.1) is 0 Å². The van der Waals surface area contributed by atoms with E-state index in [0.29, 0.717) is 16.9 Å². The normalized spacial score (nSPS) is 16.0. The van der Waals surface area contributed by atoms with Gasteiger partial charge in [0.05, 0.1) is 23.2 Å². The first-order valence-corrected chi connectivity index (χ1v) is 8.32. The van der Waals surface area contributed by atoms with Crippen LogP contribution in [0.4, 0.5) is 5.13 Å². The monoisotopic (exact) mass is 345 g/mol. The SMILES string of the molecule is Clc1cc2sc(N/N=C3\CCCOc4cccnc43)nc2cn1. The van der Waals surface area contributed by atoms with Crippen molar-refractivity contribution in [1.82, 2.24) is 15.0 Å². The van der Waals surface area contributed by atoms with Gasteiger partial charge in [-0.05, 0) is 31.0 Å². The molecule has 0 fully saturated rings. The van der Waals surface area contributed by atoms with Crippen LogP contribution in [0.15, 0.2) is 35.7 Å². The Morgan fingerprint density at radius 1 is 1.35 bits per heavy atom. The summed E-state index contributed by atoms with van der Waals surface area (Å²) in [6.07, 6.45) is 5.10. The van der Waals surface area contributed by atoms with E-state index in [1.165, 1.54) is 11.3 Å². The van der Waals surface area contributed by atoms with Crippen LogP contribution in [0.3, 0.4) is 0 Å². The van der Waals surface area contributed by atoms with Gasteiger partial charge in [0.15, 0.2) is 0 Å². The number of hydrogen-bond donors (Lipinski definition) is 1. The van der Waals surface area contributed by atoms with Crippen LogP contribution in [-0.4, -0.2) is 27.3 Å². The number of anilines is 1. The molecule has 0 unspecified atom stereocenters. The van der Waals surface area contributed by atoms with Crippen molar-refractivity contribution in [2.45, 2.75) is 12.8 Å². The number of hydrazone groups is 1. The maximum absolute atomic E-state index is 5.90. The van der Waals surface area contributed by atoms with E-state index in [4.69, 9.17) is 16.3 Å². The minimum Gasteiger partial charge on any atom is -0.491 e. The van der Waals surface area contributed by atoms with Crippen molar-refractivity contribution < 1.29 is 4.74 Å². The van der Waals surface area contributed by atoms with Crippen molar-refractivity contribution in [3.8, 4) is 5.75 Å². The van der Waals surface area contributed by atoms with Gasteiger partial charge in [-0.3, -0.25) is 10.4 Å². The molecule has 1 N–H and O–H groups in total. The summed E-state index contributed by atoms with van der Waals surface area (Å²) in [6, 6.07) is 5.57. The molecule has 4 rings (SSSR count). The first kappa shape index (κ1) is 14.3. The first-order chi connectivity index (χ1) is 11.3. The Balaban J connectivity index is 1.64. The molecule has 4 heterocycles. The molecular formula is C15H12ClN5OS. The van der Waals surface area contributed by atoms with Crippen molar-refractivity contribution in [3.63, 3.8) is 0 Å². The van der Waals surface area contributed by atoms with Crippen LogP contribution in [0, 0.1) is 0 Å². The number of nitrogens with zero attached hydrogens (tertiary/aromatic N) is 4.